The number of aliphatic hydroxyl groups is 1. The Hall–Kier alpha value is -1.79. The molecule has 6 heteroatoms. The van der Waals surface area contributed by atoms with E-state index >= 15 is 0 Å². The van der Waals surface area contributed by atoms with Crippen LogP contribution in [0.5, 0.6) is 5.75 Å². The molecule has 5 nitrogen and oxygen atoms in total. The molecule has 0 unspecified atom stereocenters. The Bertz CT molecular complexity index is 597. The Kier molecular flexibility index (Phi) is 5.83. The van der Waals surface area contributed by atoms with Gasteiger partial charge in [-0.3, -0.25) is 4.79 Å². The SMILES string of the molecule is O=C(NCCCO)c1ccc(COc2cccc(Br)c2)o1. The molecule has 1 amide bonds. The van der Waals surface area contributed by atoms with Crippen molar-refractivity contribution in [1.29, 1.82) is 0 Å². The summed E-state index contributed by atoms with van der Waals surface area (Å²) in [7, 11) is 0. The molecule has 0 spiro atoms. The number of nitrogens with one attached hydrogen (secondary N) is 1. The highest BCUT2D eigenvalue weighted by Gasteiger charge is 2.10. The van der Waals surface area contributed by atoms with Gasteiger partial charge in [-0.2, -0.15) is 0 Å². The molecule has 2 aromatic rings. The van der Waals surface area contributed by atoms with Gasteiger partial charge in [-0.15, -0.1) is 0 Å². The third kappa shape index (κ3) is 4.91. The van der Waals surface area contributed by atoms with Crippen LogP contribution in [0.4, 0.5) is 0 Å². The predicted octanol–water partition coefficient (Wildman–Crippen LogP) is 2.73. The van der Waals surface area contributed by atoms with Crippen LogP contribution < -0.4 is 10.1 Å². The minimum atomic E-state index is -0.294. The third-order valence-corrected chi connectivity index (χ3v) is 3.18. The van der Waals surface area contributed by atoms with E-state index < -0.39 is 0 Å². The normalized spacial score (nSPS) is 10.4. The van der Waals surface area contributed by atoms with Gasteiger partial charge >= 0.3 is 0 Å². The Morgan fingerprint density at radius 1 is 1.33 bits per heavy atom. The van der Waals surface area contributed by atoms with E-state index in [0.29, 0.717) is 18.7 Å². The Morgan fingerprint density at radius 3 is 2.95 bits per heavy atom. The van der Waals surface area contributed by atoms with E-state index in [0.717, 1.165) is 10.2 Å². The Morgan fingerprint density at radius 2 is 2.19 bits per heavy atom. The molecule has 0 saturated heterocycles. The minimum absolute atomic E-state index is 0.0458. The van der Waals surface area contributed by atoms with E-state index in [1.807, 2.05) is 24.3 Å². The van der Waals surface area contributed by atoms with E-state index in [9.17, 15) is 4.79 Å². The van der Waals surface area contributed by atoms with Crippen LogP contribution in [-0.2, 0) is 6.61 Å². The van der Waals surface area contributed by atoms with Crippen molar-refractivity contribution in [3.8, 4) is 5.75 Å². The highest BCUT2D eigenvalue weighted by Crippen LogP contribution is 2.19. The molecule has 0 atom stereocenters. The van der Waals surface area contributed by atoms with Crippen molar-refractivity contribution in [2.45, 2.75) is 13.0 Å². The maximum atomic E-state index is 11.7. The number of hydrogen-bond donors (Lipinski definition) is 2. The number of rotatable bonds is 7. The quantitative estimate of drug-likeness (QED) is 0.750. The molecule has 112 valence electrons. The van der Waals surface area contributed by atoms with Crippen LogP contribution in [0.1, 0.15) is 22.7 Å². The molecule has 0 fully saturated rings. The van der Waals surface area contributed by atoms with Crippen molar-refractivity contribution in [2.75, 3.05) is 13.2 Å². The Labute approximate surface area is 131 Å². The molecule has 1 aromatic heterocycles. The average molecular weight is 354 g/mol. The molecule has 21 heavy (non-hydrogen) atoms. The van der Waals surface area contributed by atoms with Gasteiger partial charge in [0.1, 0.15) is 18.1 Å². The highest BCUT2D eigenvalue weighted by molar-refractivity contribution is 9.10. The second kappa shape index (κ2) is 7.85. The number of carbonyl (C=O) groups excluding carboxylic acids is 1. The summed E-state index contributed by atoms with van der Waals surface area (Å²) in [6.07, 6.45) is 0.519. The first-order valence-electron chi connectivity index (χ1n) is 6.55. The van der Waals surface area contributed by atoms with Gasteiger partial charge in [-0.1, -0.05) is 22.0 Å². The molecule has 0 saturated carbocycles. The number of benzene rings is 1. The average Bonchev–Trinajstić information content (AvgIpc) is 2.94. The lowest BCUT2D eigenvalue weighted by molar-refractivity contribution is 0.0919. The third-order valence-electron chi connectivity index (χ3n) is 2.68. The van der Waals surface area contributed by atoms with Crippen LogP contribution in [0.15, 0.2) is 45.3 Å². The molecule has 1 aromatic carbocycles. The van der Waals surface area contributed by atoms with Gasteiger partial charge in [-0.25, -0.2) is 0 Å². The van der Waals surface area contributed by atoms with Crippen molar-refractivity contribution in [3.05, 3.63) is 52.4 Å². The van der Waals surface area contributed by atoms with Gasteiger partial charge in [-0.05, 0) is 36.8 Å². The van der Waals surface area contributed by atoms with E-state index in [4.69, 9.17) is 14.3 Å². The summed E-state index contributed by atoms with van der Waals surface area (Å²) in [5.74, 6) is 1.23. The lowest BCUT2D eigenvalue weighted by atomic mass is 10.3. The molecule has 0 aliphatic heterocycles. The van der Waals surface area contributed by atoms with Crippen molar-refractivity contribution >= 4 is 21.8 Å². The molecule has 0 aliphatic carbocycles. The van der Waals surface area contributed by atoms with E-state index in [-0.39, 0.29) is 24.9 Å². The van der Waals surface area contributed by atoms with E-state index in [1.54, 1.807) is 12.1 Å². The summed E-state index contributed by atoms with van der Waals surface area (Å²) in [4.78, 5) is 11.7. The van der Waals surface area contributed by atoms with Crippen LogP contribution in [0.2, 0.25) is 0 Å². The fourth-order valence-electron chi connectivity index (χ4n) is 1.66. The van der Waals surface area contributed by atoms with Crippen molar-refractivity contribution in [2.24, 2.45) is 0 Å². The molecule has 0 bridgehead atoms. The fourth-order valence-corrected chi connectivity index (χ4v) is 2.04. The molecule has 0 aliphatic rings. The van der Waals surface area contributed by atoms with Crippen molar-refractivity contribution in [1.82, 2.24) is 5.32 Å². The second-order valence-electron chi connectivity index (χ2n) is 4.35. The summed E-state index contributed by atoms with van der Waals surface area (Å²) in [5, 5.41) is 11.3. The molecule has 1 heterocycles. The molecule has 0 radical (unpaired) electrons. The van der Waals surface area contributed by atoms with Crippen LogP contribution in [-0.4, -0.2) is 24.2 Å². The van der Waals surface area contributed by atoms with E-state index in [1.165, 1.54) is 0 Å². The number of ether oxygens (including phenoxy) is 1. The van der Waals surface area contributed by atoms with Crippen LogP contribution in [0, 0.1) is 0 Å². The number of aliphatic hydroxyl groups excluding tert-OH is 1. The first-order chi connectivity index (χ1) is 10.2. The van der Waals surface area contributed by atoms with Gasteiger partial charge < -0.3 is 19.6 Å². The molecular weight excluding hydrogens is 338 g/mol. The van der Waals surface area contributed by atoms with Gasteiger partial charge in [0, 0.05) is 17.6 Å². The predicted molar refractivity (Wildman–Crippen MR) is 81.2 cm³/mol. The number of furan rings is 1. The standard InChI is InChI=1S/C15H16BrNO4/c16-11-3-1-4-12(9-11)20-10-13-5-6-14(21-13)15(19)17-7-2-8-18/h1,3-6,9,18H,2,7-8,10H2,(H,17,19). The molecule has 2 N–H and O–H groups in total. The highest BCUT2D eigenvalue weighted by atomic mass is 79.9. The number of hydrogen-bond acceptors (Lipinski definition) is 4. The van der Waals surface area contributed by atoms with E-state index in [2.05, 4.69) is 21.2 Å². The van der Waals surface area contributed by atoms with Gasteiger partial charge in [0.2, 0.25) is 0 Å². The van der Waals surface area contributed by atoms with Gasteiger partial charge in [0.05, 0.1) is 0 Å². The molecular formula is C15H16BrNO4. The first-order valence-corrected chi connectivity index (χ1v) is 7.34. The summed E-state index contributed by atoms with van der Waals surface area (Å²) in [6.45, 7) is 0.713. The van der Waals surface area contributed by atoms with Crippen LogP contribution in [0.3, 0.4) is 0 Å². The topological polar surface area (TPSA) is 71.7 Å². The fraction of sp³-hybridized carbons (Fsp3) is 0.267. The first kappa shape index (κ1) is 15.6. The monoisotopic (exact) mass is 353 g/mol. The number of halogens is 1. The lowest BCUT2D eigenvalue weighted by Gasteiger charge is -2.04. The van der Waals surface area contributed by atoms with Crippen molar-refractivity contribution in [3.63, 3.8) is 0 Å². The minimum Gasteiger partial charge on any atom is -0.486 e. The summed E-state index contributed by atoms with van der Waals surface area (Å²) in [6, 6.07) is 10.8. The zero-order chi connectivity index (χ0) is 15.1. The largest absolute Gasteiger partial charge is 0.486 e. The Balaban J connectivity index is 1.86. The number of carbonyl (C=O) groups is 1. The zero-order valence-corrected chi connectivity index (χ0v) is 12.9. The number of amides is 1. The maximum Gasteiger partial charge on any atom is 0.286 e. The smallest absolute Gasteiger partial charge is 0.286 e. The van der Waals surface area contributed by atoms with Crippen LogP contribution >= 0.6 is 15.9 Å². The second-order valence-corrected chi connectivity index (χ2v) is 5.26. The van der Waals surface area contributed by atoms with Gasteiger partial charge in [0.25, 0.3) is 5.91 Å². The summed E-state index contributed by atoms with van der Waals surface area (Å²) in [5.41, 5.74) is 0. The molecule has 2 rings (SSSR count). The van der Waals surface area contributed by atoms with Crippen molar-refractivity contribution < 1.29 is 19.1 Å². The van der Waals surface area contributed by atoms with Crippen LogP contribution in [0.25, 0.3) is 0 Å². The summed E-state index contributed by atoms with van der Waals surface area (Å²) < 4.78 is 11.9. The zero-order valence-electron chi connectivity index (χ0n) is 11.3. The van der Waals surface area contributed by atoms with Gasteiger partial charge in [0.15, 0.2) is 5.76 Å². The maximum absolute atomic E-state index is 11.7. The lowest BCUT2D eigenvalue weighted by Crippen LogP contribution is -2.24. The summed E-state index contributed by atoms with van der Waals surface area (Å²) >= 11 is 3.37.